The van der Waals surface area contributed by atoms with Crippen molar-refractivity contribution in [2.24, 2.45) is 0 Å². The highest BCUT2D eigenvalue weighted by atomic mass is 32.2. The predicted octanol–water partition coefficient (Wildman–Crippen LogP) is 1.94. The minimum Gasteiger partial charge on any atom is -0.471 e. The van der Waals surface area contributed by atoms with Crippen LogP contribution in [0.1, 0.15) is 6.42 Å². The van der Waals surface area contributed by atoms with Crippen molar-refractivity contribution in [3.8, 4) is 5.88 Å². The Morgan fingerprint density at radius 3 is 2.80 bits per heavy atom. The molecule has 6 nitrogen and oxygen atoms in total. The van der Waals surface area contributed by atoms with Crippen molar-refractivity contribution < 1.29 is 17.5 Å². The molecule has 2 aliphatic rings. The molecule has 2 fully saturated rings. The Hall–Kier alpha value is -1.71. The molecule has 0 aliphatic carbocycles. The summed E-state index contributed by atoms with van der Waals surface area (Å²) in [6, 6.07) is 5.98. The van der Waals surface area contributed by atoms with E-state index in [9.17, 15) is 12.8 Å². The van der Waals surface area contributed by atoms with Crippen molar-refractivity contribution in [2.45, 2.75) is 22.2 Å². The van der Waals surface area contributed by atoms with Gasteiger partial charge in [0.1, 0.15) is 11.0 Å². The number of rotatable bonds is 4. The third-order valence-electron chi connectivity index (χ3n) is 4.38. The van der Waals surface area contributed by atoms with Gasteiger partial charge < -0.3 is 4.74 Å². The van der Waals surface area contributed by atoms with E-state index in [0.29, 0.717) is 25.3 Å². The van der Waals surface area contributed by atoms with E-state index in [1.807, 2.05) is 0 Å². The van der Waals surface area contributed by atoms with Crippen LogP contribution in [-0.4, -0.2) is 52.4 Å². The highest BCUT2D eigenvalue weighted by Crippen LogP contribution is 2.47. The molecule has 2 aromatic heterocycles. The molecule has 0 aromatic carbocycles. The highest BCUT2D eigenvalue weighted by Gasteiger charge is 2.53. The molecule has 1 atom stereocenters. The minimum atomic E-state index is -3.50. The van der Waals surface area contributed by atoms with Gasteiger partial charge in [-0.1, -0.05) is 0 Å². The van der Waals surface area contributed by atoms with Gasteiger partial charge in [0.15, 0.2) is 5.82 Å². The van der Waals surface area contributed by atoms with Crippen molar-refractivity contribution in [1.29, 1.82) is 0 Å². The van der Waals surface area contributed by atoms with Gasteiger partial charge in [0.05, 0.1) is 0 Å². The Morgan fingerprint density at radius 1 is 1.28 bits per heavy atom. The van der Waals surface area contributed by atoms with Gasteiger partial charge in [-0.15, -0.1) is 11.8 Å². The summed E-state index contributed by atoms with van der Waals surface area (Å²) >= 11 is 1.68. The first-order valence-corrected chi connectivity index (χ1v) is 10.2. The third kappa shape index (κ3) is 3.11. The number of hydrogen-bond donors (Lipinski definition) is 0. The predicted molar refractivity (Wildman–Crippen MR) is 91.4 cm³/mol. The lowest BCUT2D eigenvalue weighted by molar-refractivity contribution is 0.150. The van der Waals surface area contributed by atoms with Crippen molar-refractivity contribution in [3.05, 3.63) is 48.7 Å². The van der Waals surface area contributed by atoms with Crippen molar-refractivity contribution in [3.63, 3.8) is 0 Å². The monoisotopic (exact) mass is 381 g/mol. The average molecular weight is 381 g/mol. The third-order valence-corrected chi connectivity index (χ3v) is 7.73. The fourth-order valence-electron chi connectivity index (χ4n) is 3.13. The molecule has 0 bridgehead atoms. The number of sulfonamides is 1. The molecule has 2 aromatic rings. The zero-order chi connectivity index (χ0) is 17.5. The number of thioether (sulfide) groups is 1. The van der Waals surface area contributed by atoms with Crippen molar-refractivity contribution >= 4 is 21.8 Å². The lowest BCUT2D eigenvalue weighted by Gasteiger charge is -2.46. The van der Waals surface area contributed by atoms with Crippen LogP contribution in [0.3, 0.4) is 0 Å². The Morgan fingerprint density at radius 2 is 2.08 bits per heavy atom. The van der Waals surface area contributed by atoms with Gasteiger partial charge in [-0.25, -0.2) is 17.8 Å². The second-order valence-corrected chi connectivity index (χ2v) is 9.62. The zero-order valence-electron chi connectivity index (χ0n) is 13.2. The minimum absolute atomic E-state index is 0.00399. The Bertz CT molecular complexity index is 873. The van der Waals surface area contributed by atoms with Crippen LogP contribution in [0.5, 0.6) is 5.88 Å². The SMILES string of the molecule is O=S(=O)(c1cccnc1)N1CC2(C[C@H](Oc3ncccc3F)CS2)C1. The molecule has 4 rings (SSSR count). The van der Waals surface area contributed by atoms with Crippen LogP contribution in [-0.2, 0) is 10.0 Å². The molecule has 1 spiro atoms. The number of halogens is 1. The van der Waals surface area contributed by atoms with Crippen molar-refractivity contribution in [1.82, 2.24) is 14.3 Å². The van der Waals surface area contributed by atoms with Gasteiger partial charge in [0.2, 0.25) is 10.0 Å². The Kier molecular flexibility index (Phi) is 4.17. The van der Waals surface area contributed by atoms with E-state index in [1.165, 1.54) is 28.8 Å². The van der Waals surface area contributed by atoms with Crippen LogP contribution in [0.4, 0.5) is 4.39 Å². The Labute approximate surface area is 149 Å². The normalized spacial score (nSPS) is 22.7. The molecule has 4 heterocycles. The molecule has 0 amide bonds. The molecule has 0 unspecified atom stereocenters. The zero-order valence-corrected chi connectivity index (χ0v) is 14.8. The molecular weight excluding hydrogens is 365 g/mol. The summed E-state index contributed by atoms with van der Waals surface area (Å²) in [6.07, 6.45) is 4.90. The second-order valence-electron chi connectivity index (χ2n) is 6.19. The maximum atomic E-state index is 13.6. The summed E-state index contributed by atoms with van der Waals surface area (Å²) in [7, 11) is -3.50. The largest absolute Gasteiger partial charge is 0.471 e. The van der Waals surface area contributed by atoms with E-state index in [1.54, 1.807) is 30.1 Å². The smallest absolute Gasteiger partial charge is 0.250 e. The molecule has 0 saturated carbocycles. The topological polar surface area (TPSA) is 72.4 Å². The number of nitrogens with zero attached hydrogens (tertiary/aromatic N) is 3. The van der Waals surface area contributed by atoms with Gasteiger partial charge in [-0.3, -0.25) is 4.98 Å². The van der Waals surface area contributed by atoms with Gasteiger partial charge in [-0.2, -0.15) is 4.31 Å². The molecule has 0 N–H and O–H groups in total. The van der Waals surface area contributed by atoms with Crippen LogP contribution in [0.15, 0.2) is 47.8 Å². The van der Waals surface area contributed by atoms with Crippen LogP contribution in [0, 0.1) is 5.82 Å². The number of pyridine rings is 2. The highest BCUT2D eigenvalue weighted by molar-refractivity contribution is 8.01. The van der Waals surface area contributed by atoms with E-state index >= 15 is 0 Å². The van der Waals surface area contributed by atoms with E-state index in [4.69, 9.17) is 4.74 Å². The van der Waals surface area contributed by atoms with E-state index in [0.717, 1.165) is 0 Å². The number of hydrogen-bond acceptors (Lipinski definition) is 6. The van der Waals surface area contributed by atoms with E-state index < -0.39 is 15.8 Å². The molecule has 2 aliphatic heterocycles. The standard InChI is InChI=1S/C16H16FN3O3S2/c17-14-4-2-6-19-15(14)23-12-7-16(24-9-12)10-20(11-16)25(21,22)13-3-1-5-18-8-13/h1-6,8,12H,7,9-11H2/t12-/m0/s1. The summed E-state index contributed by atoms with van der Waals surface area (Å²) in [4.78, 5) is 7.99. The van der Waals surface area contributed by atoms with Gasteiger partial charge >= 0.3 is 0 Å². The molecule has 0 radical (unpaired) electrons. The van der Waals surface area contributed by atoms with E-state index in [2.05, 4.69) is 9.97 Å². The molecule has 9 heteroatoms. The first kappa shape index (κ1) is 16.7. The lowest BCUT2D eigenvalue weighted by atomic mass is 9.95. The average Bonchev–Trinajstić information content (AvgIpc) is 3.01. The fourth-order valence-corrected chi connectivity index (χ4v) is 6.39. The van der Waals surface area contributed by atoms with Gasteiger partial charge in [0.25, 0.3) is 5.88 Å². The summed E-state index contributed by atoms with van der Waals surface area (Å²) in [5.74, 6) is 0.212. The maximum Gasteiger partial charge on any atom is 0.250 e. The summed E-state index contributed by atoms with van der Waals surface area (Å²) in [5.41, 5.74) is 0. The fraction of sp³-hybridized carbons (Fsp3) is 0.375. The molecule has 25 heavy (non-hydrogen) atoms. The quantitative estimate of drug-likeness (QED) is 0.806. The van der Waals surface area contributed by atoms with Crippen molar-refractivity contribution in [2.75, 3.05) is 18.8 Å². The van der Waals surface area contributed by atoms with Crippen LogP contribution < -0.4 is 4.74 Å². The molecule has 132 valence electrons. The first-order chi connectivity index (χ1) is 12.0. The van der Waals surface area contributed by atoms with Gasteiger partial charge in [-0.05, 0) is 24.3 Å². The summed E-state index contributed by atoms with van der Waals surface area (Å²) < 4.78 is 45.7. The van der Waals surface area contributed by atoms with Crippen LogP contribution >= 0.6 is 11.8 Å². The maximum absolute atomic E-state index is 13.6. The molecular formula is C16H16FN3O3S2. The van der Waals surface area contributed by atoms with Gasteiger partial charge in [0, 0.05) is 48.6 Å². The first-order valence-electron chi connectivity index (χ1n) is 7.80. The van der Waals surface area contributed by atoms with Crippen LogP contribution in [0.25, 0.3) is 0 Å². The second kappa shape index (κ2) is 6.22. The van der Waals surface area contributed by atoms with E-state index in [-0.39, 0.29) is 21.6 Å². The summed E-state index contributed by atoms with van der Waals surface area (Å²) in [6.45, 7) is 0.860. The van der Waals surface area contributed by atoms with Crippen LogP contribution in [0.2, 0.25) is 0 Å². The Balaban J connectivity index is 1.40. The number of ether oxygens (including phenoxy) is 1. The number of aromatic nitrogens is 2. The summed E-state index contributed by atoms with van der Waals surface area (Å²) in [5, 5.41) is 0. The lowest BCUT2D eigenvalue weighted by Crippen LogP contribution is -2.60. The molecule has 2 saturated heterocycles.